The molecule has 0 radical (unpaired) electrons. The molecule has 3 nitrogen and oxygen atoms in total. The highest BCUT2D eigenvalue weighted by Gasteiger charge is 2.07. The van der Waals surface area contributed by atoms with E-state index < -0.39 is 0 Å². The normalized spacial score (nSPS) is 10.9. The number of nitrogens with zero attached hydrogens (tertiary/aromatic N) is 2. The van der Waals surface area contributed by atoms with Gasteiger partial charge in [-0.3, -0.25) is 4.98 Å². The van der Waals surface area contributed by atoms with Gasteiger partial charge in [-0.05, 0) is 36.8 Å². The van der Waals surface area contributed by atoms with Crippen molar-refractivity contribution >= 4 is 22.6 Å². The van der Waals surface area contributed by atoms with Crippen LogP contribution in [-0.4, -0.2) is 15.0 Å². The smallest absolute Gasteiger partial charge is 0.157 e. The number of halogens is 1. The number of H-pyrrole nitrogens is 1. The second-order valence-electron chi connectivity index (χ2n) is 3.92. The van der Waals surface area contributed by atoms with E-state index in [1.807, 2.05) is 37.3 Å². The van der Waals surface area contributed by atoms with Crippen molar-refractivity contribution in [3.63, 3.8) is 0 Å². The summed E-state index contributed by atoms with van der Waals surface area (Å²) in [7, 11) is 0. The van der Waals surface area contributed by atoms with E-state index in [0.717, 1.165) is 33.1 Å². The predicted octanol–water partition coefficient (Wildman–Crippen LogP) is 3.59. The Bertz CT molecular complexity index is 635. The lowest BCUT2D eigenvalue weighted by atomic mass is 10.2. The predicted molar refractivity (Wildman–Crippen MR) is 69.1 cm³/mol. The Morgan fingerprint density at radius 3 is 2.88 bits per heavy atom. The molecule has 0 saturated carbocycles. The van der Waals surface area contributed by atoms with Gasteiger partial charge in [-0.1, -0.05) is 17.7 Å². The van der Waals surface area contributed by atoms with Gasteiger partial charge in [0.2, 0.25) is 0 Å². The van der Waals surface area contributed by atoms with Crippen molar-refractivity contribution in [1.82, 2.24) is 15.0 Å². The average molecular weight is 244 g/mol. The van der Waals surface area contributed by atoms with Gasteiger partial charge in [0.05, 0.1) is 11.0 Å². The van der Waals surface area contributed by atoms with Crippen LogP contribution in [0.4, 0.5) is 0 Å². The number of benzene rings is 1. The molecule has 1 aromatic carbocycles. The highest BCUT2D eigenvalue weighted by atomic mass is 35.5. The zero-order valence-corrected chi connectivity index (χ0v) is 9.99. The summed E-state index contributed by atoms with van der Waals surface area (Å²) < 4.78 is 0. The summed E-state index contributed by atoms with van der Waals surface area (Å²) in [5.74, 6) is 0.766. The van der Waals surface area contributed by atoms with Crippen LogP contribution in [0.15, 0.2) is 36.5 Å². The fourth-order valence-corrected chi connectivity index (χ4v) is 1.92. The van der Waals surface area contributed by atoms with Gasteiger partial charge in [0.25, 0.3) is 0 Å². The number of rotatable bonds is 1. The van der Waals surface area contributed by atoms with Gasteiger partial charge in [0.15, 0.2) is 5.82 Å². The zero-order valence-electron chi connectivity index (χ0n) is 9.24. The lowest BCUT2D eigenvalue weighted by Crippen LogP contribution is -1.82. The Morgan fingerprint density at radius 1 is 1.24 bits per heavy atom. The molecule has 2 heterocycles. The molecule has 0 unspecified atom stereocenters. The summed E-state index contributed by atoms with van der Waals surface area (Å²) in [4.78, 5) is 12.0. The van der Waals surface area contributed by atoms with Crippen LogP contribution in [0.5, 0.6) is 0 Å². The first kappa shape index (κ1) is 10.3. The van der Waals surface area contributed by atoms with Gasteiger partial charge in [-0.25, -0.2) is 4.98 Å². The van der Waals surface area contributed by atoms with Crippen molar-refractivity contribution in [2.24, 2.45) is 0 Å². The van der Waals surface area contributed by atoms with Gasteiger partial charge in [-0.2, -0.15) is 0 Å². The molecule has 0 amide bonds. The summed E-state index contributed by atoms with van der Waals surface area (Å²) in [5, 5.41) is 0.733. The third-order valence-electron chi connectivity index (χ3n) is 2.67. The topological polar surface area (TPSA) is 41.6 Å². The quantitative estimate of drug-likeness (QED) is 0.710. The summed E-state index contributed by atoms with van der Waals surface area (Å²) in [6.45, 7) is 1.98. The molecule has 84 valence electrons. The van der Waals surface area contributed by atoms with Crippen LogP contribution < -0.4 is 0 Å². The molecule has 17 heavy (non-hydrogen) atoms. The maximum Gasteiger partial charge on any atom is 0.157 e. The number of aromatic nitrogens is 3. The average Bonchev–Trinajstić information content (AvgIpc) is 2.74. The van der Waals surface area contributed by atoms with Crippen molar-refractivity contribution in [3.8, 4) is 11.5 Å². The molecule has 0 aliphatic carbocycles. The molecule has 0 atom stereocenters. The lowest BCUT2D eigenvalue weighted by Gasteiger charge is -1.95. The summed E-state index contributed by atoms with van der Waals surface area (Å²) in [6, 6.07) is 9.61. The summed E-state index contributed by atoms with van der Waals surface area (Å²) in [5.41, 5.74) is 3.71. The van der Waals surface area contributed by atoms with E-state index in [-0.39, 0.29) is 0 Å². The molecule has 3 rings (SSSR count). The first-order valence-corrected chi connectivity index (χ1v) is 5.69. The molecule has 4 heteroatoms. The van der Waals surface area contributed by atoms with Gasteiger partial charge in [-0.15, -0.1) is 0 Å². The van der Waals surface area contributed by atoms with E-state index in [1.165, 1.54) is 0 Å². The van der Waals surface area contributed by atoms with Crippen molar-refractivity contribution in [2.45, 2.75) is 6.92 Å². The second kappa shape index (κ2) is 3.86. The van der Waals surface area contributed by atoms with Gasteiger partial charge < -0.3 is 4.98 Å². The van der Waals surface area contributed by atoms with Crippen molar-refractivity contribution in [1.29, 1.82) is 0 Å². The molecule has 1 N–H and O–H groups in total. The molecule has 0 spiro atoms. The zero-order chi connectivity index (χ0) is 11.8. The van der Waals surface area contributed by atoms with E-state index in [0.29, 0.717) is 0 Å². The Kier molecular flexibility index (Phi) is 2.34. The van der Waals surface area contributed by atoms with Crippen molar-refractivity contribution < 1.29 is 0 Å². The molecule has 0 aliphatic heterocycles. The van der Waals surface area contributed by atoms with Crippen LogP contribution >= 0.6 is 11.6 Å². The standard InChI is InChI=1S/C13H10ClN3/c1-8-6-11-12(7-9(8)14)17-13(16-11)10-4-2-3-5-15-10/h2-7H,1H3,(H,16,17). The number of hydrogen-bond acceptors (Lipinski definition) is 2. The van der Waals surface area contributed by atoms with Crippen LogP contribution in [0.25, 0.3) is 22.6 Å². The number of aryl methyl sites for hydroxylation is 1. The third-order valence-corrected chi connectivity index (χ3v) is 3.08. The minimum atomic E-state index is 0.733. The minimum Gasteiger partial charge on any atom is -0.337 e. The van der Waals surface area contributed by atoms with Crippen LogP contribution in [0.1, 0.15) is 5.56 Å². The first-order chi connectivity index (χ1) is 8.24. The maximum atomic E-state index is 6.07. The molecular weight excluding hydrogens is 234 g/mol. The van der Waals surface area contributed by atoms with E-state index in [4.69, 9.17) is 11.6 Å². The van der Waals surface area contributed by atoms with Crippen LogP contribution in [0.2, 0.25) is 5.02 Å². The van der Waals surface area contributed by atoms with E-state index in [1.54, 1.807) is 6.20 Å². The third kappa shape index (κ3) is 1.78. The number of imidazole rings is 1. The second-order valence-corrected chi connectivity index (χ2v) is 4.33. The lowest BCUT2D eigenvalue weighted by molar-refractivity contribution is 1.24. The van der Waals surface area contributed by atoms with E-state index in [9.17, 15) is 0 Å². The number of hydrogen-bond donors (Lipinski definition) is 1. The SMILES string of the molecule is Cc1cc2[nH]c(-c3ccccn3)nc2cc1Cl. The number of nitrogens with one attached hydrogen (secondary N) is 1. The van der Waals surface area contributed by atoms with Gasteiger partial charge >= 0.3 is 0 Å². The molecular formula is C13H10ClN3. The van der Waals surface area contributed by atoms with Crippen LogP contribution in [-0.2, 0) is 0 Å². The van der Waals surface area contributed by atoms with Crippen molar-refractivity contribution in [2.75, 3.05) is 0 Å². The Hall–Kier alpha value is -1.87. The Morgan fingerprint density at radius 2 is 2.12 bits per heavy atom. The van der Waals surface area contributed by atoms with Crippen molar-refractivity contribution in [3.05, 3.63) is 47.1 Å². The molecule has 2 aromatic heterocycles. The van der Waals surface area contributed by atoms with E-state index >= 15 is 0 Å². The monoisotopic (exact) mass is 243 g/mol. The van der Waals surface area contributed by atoms with Gasteiger partial charge in [0, 0.05) is 11.2 Å². The fourth-order valence-electron chi connectivity index (χ4n) is 1.76. The number of fused-ring (bicyclic) bond motifs is 1. The molecule has 0 saturated heterocycles. The largest absolute Gasteiger partial charge is 0.337 e. The highest BCUT2D eigenvalue weighted by molar-refractivity contribution is 6.32. The van der Waals surface area contributed by atoms with Crippen LogP contribution in [0.3, 0.4) is 0 Å². The van der Waals surface area contributed by atoms with Gasteiger partial charge in [0.1, 0.15) is 5.69 Å². The molecule has 0 fully saturated rings. The Balaban J connectivity index is 2.21. The minimum absolute atomic E-state index is 0.733. The Labute approximate surface area is 103 Å². The van der Waals surface area contributed by atoms with Crippen LogP contribution in [0, 0.1) is 6.92 Å². The molecule has 3 aromatic rings. The fraction of sp³-hybridized carbons (Fsp3) is 0.0769. The highest BCUT2D eigenvalue weighted by Crippen LogP contribution is 2.24. The number of pyridine rings is 1. The summed E-state index contributed by atoms with van der Waals surface area (Å²) in [6.07, 6.45) is 1.75. The number of aromatic amines is 1. The summed E-state index contributed by atoms with van der Waals surface area (Å²) >= 11 is 6.07. The molecule has 0 bridgehead atoms. The molecule has 0 aliphatic rings. The maximum absolute atomic E-state index is 6.07. The van der Waals surface area contributed by atoms with E-state index in [2.05, 4.69) is 15.0 Å². The first-order valence-electron chi connectivity index (χ1n) is 5.31.